The van der Waals surface area contributed by atoms with Gasteiger partial charge in [-0.15, -0.1) is 0 Å². The van der Waals surface area contributed by atoms with Crippen molar-refractivity contribution in [1.82, 2.24) is 4.98 Å². The molecule has 0 fully saturated rings. The standard InChI is InChI=1S/C10H11ClN2O/c1-14-6-2-3-9-7(4-6)8(5-12)10(11)13-9/h2-4,13H,5,12H2,1H3. The number of halogens is 1. The van der Waals surface area contributed by atoms with E-state index in [4.69, 9.17) is 22.1 Å². The van der Waals surface area contributed by atoms with Crippen molar-refractivity contribution in [2.24, 2.45) is 5.73 Å². The first-order chi connectivity index (χ1) is 6.76. The number of ether oxygens (including phenoxy) is 1. The average molecular weight is 211 g/mol. The van der Waals surface area contributed by atoms with Crippen LogP contribution in [0.25, 0.3) is 10.9 Å². The molecule has 2 aromatic rings. The van der Waals surface area contributed by atoms with E-state index in [9.17, 15) is 0 Å². The summed E-state index contributed by atoms with van der Waals surface area (Å²) in [5, 5.41) is 1.63. The predicted octanol–water partition coefficient (Wildman–Crippen LogP) is 2.29. The highest BCUT2D eigenvalue weighted by Gasteiger charge is 2.08. The maximum atomic E-state index is 5.99. The van der Waals surface area contributed by atoms with Gasteiger partial charge in [0.2, 0.25) is 0 Å². The summed E-state index contributed by atoms with van der Waals surface area (Å²) in [5.41, 5.74) is 7.52. The van der Waals surface area contributed by atoms with Crippen LogP contribution in [0.15, 0.2) is 18.2 Å². The van der Waals surface area contributed by atoms with Crippen LogP contribution in [0.3, 0.4) is 0 Å². The summed E-state index contributed by atoms with van der Waals surface area (Å²) >= 11 is 5.99. The summed E-state index contributed by atoms with van der Waals surface area (Å²) in [7, 11) is 1.64. The van der Waals surface area contributed by atoms with Crippen molar-refractivity contribution in [3.63, 3.8) is 0 Å². The molecule has 1 heterocycles. The van der Waals surface area contributed by atoms with Gasteiger partial charge in [0.15, 0.2) is 0 Å². The van der Waals surface area contributed by atoms with Gasteiger partial charge in [0.25, 0.3) is 0 Å². The summed E-state index contributed by atoms with van der Waals surface area (Å²) in [6, 6.07) is 5.74. The van der Waals surface area contributed by atoms with E-state index in [0.717, 1.165) is 22.2 Å². The number of fused-ring (bicyclic) bond motifs is 1. The number of benzene rings is 1. The number of rotatable bonds is 2. The summed E-state index contributed by atoms with van der Waals surface area (Å²) in [4.78, 5) is 3.06. The minimum Gasteiger partial charge on any atom is -0.497 e. The summed E-state index contributed by atoms with van der Waals surface area (Å²) < 4.78 is 5.13. The smallest absolute Gasteiger partial charge is 0.119 e. The molecular formula is C10H11ClN2O. The molecule has 0 saturated carbocycles. The van der Waals surface area contributed by atoms with E-state index in [0.29, 0.717) is 11.7 Å². The van der Waals surface area contributed by atoms with E-state index in [-0.39, 0.29) is 0 Å². The molecule has 0 aliphatic heterocycles. The number of aromatic amines is 1. The minimum absolute atomic E-state index is 0.423. The zero-order valence-electron chi connectivity index (χ0n) is 7.80. The van der Waals surface area contributed by atoms with Crippen molar-refractivity contribution in [1.29, 1.82) is 0 Å². The molecule has 0 amide bonds. The molecule has 1 aromatic heterocycles. The molecule has 0 radical (unpaired) electrons. The largest absolute Gasteiger partial charge is 0.497 e. The second-order valence-electron chi connectivity index (χ2n) is 3.03. The van der Waals surface area contributed by atoms with Crippen molar-refractivity contribution in [2.75, 3.05) is 7.11 Å². The second kappa shape index (κ2) is 3.52. The van der Waals surface area contributed by atoms with Crippen LogP contribution in [-0.4, -0.2) is 12.1 Å². The monoisotopic (exact) mass is 210 g/mol. The lowest BCUT2D eigenvalue weighted by molar-refractivity contribution is 0.415. The molecule has 0 atom stereocenters. The highest BCUT2D eigenvalue weighted by molar-refractivity contribution is 6.31. The normalized spacial score (nSPS) is 10.8. The lowest BCUT2D eigenvalue weighted by Gasteiger charge is -1.99. The lowest BCUT2D eigenvalue weighted by atomic mass is 10.1. The highest BCUT2D eigenvalue weighted by atomic mass is 35.5. The minimum atomic E-state index is 0.423. The fraction of sp³-hybridized carbons (Fsp3) is 0.200. The molecule has 0 aliphatic rings. The molecule has 3 nitrogen and oxygen atoms in total. The fourth-order valence-electron chi connectivity index (χ4n) is 1.52. The van der Waals surface area contributed by atoms with Gasteiger partial charge in [-0.05, 0) is 18.2 Å². The van der Waals surface area contributed by atoms with Crippen molar-refractivity contribution in [3.05, 3.63) is 28.9 Å². The highest BCUT2D eigenvalue weighted by Crippen LogP contribution is 2.28. The van der Waals surface area contributed by atoms with Crippen LogP contribution in [0.1, 0.15) is 5.56 Å². The molecule has 0 unspecified atom stereocenters. The maximum Gasteiger partial charge on any atom is 0.119 e. The number of hydrogen-bond acceptors (Lipinski definition) is 2. The quantitative estimate of drug-likeness (QED) is 0.799. The molecular weight excluding hydrogens is 200 g/mol. The fourth-order valence-corrected chi connectivity index (χ4v) is 1.80. The molecule has 14 heavy (non-hydrogen) atoms. The van der Waals surface area contributed by atoms with Gasteiger partial charge in [-0.3, -0.25) is 0 Å². The third-order valence-corrected chi connectivity index (χ3v) is 2.59. The molecule has 4 heteroatoms. The first-order valence-electron chi connectivity index (χ1n) is 4.30. The van der Waals surface area contributed by atoms with Gasteiger partial charge in [0.1, 0.15) is 10.9 Å². The SMILES string of the molecule is COc1ccc2[nH]c(Cl)c(CN)c2c1. The number of nitrogens with two attached hydrogens (primary N) is 1. The molecule has 1 aromatic carbocycles. The first kappa shape index (κ1) is 9.37. The predicted molar refractivity (Wildman–Crippen MR) is 57.8 cm³/mol. The third-order valence-electron chi connectivity index (χ3n) is 2.27. The Bertz CT molecular complexity index is 464. The van der Waals surface area contributed by atoms with Gasteiger partial charge in [-0.1, -0.05) is 11.6 Å². The van der Waals surface area contributed by atoms with Crippen molar-refractivity contribution < 1.29 is 4.74 Å². The van der Waals surface area contributed by atoms with Gasteiger partial charge in [-0.25, -0.2) is 0 Å². The Morgan fingerprint density at radius 1 is 1.50 bits per heavy atom. The van der Waals surface area contributed by atoms with Crippen molar-refractivity contribution in [2.45, 2.75) is 6.54 Å². The first-order valence-corrected chi connectivity index (χ1v) is 4.68. The van der Waals surface area contributed by atoms with Crippen LogP contribution in [-0.2, 0) is 6.54 Å². The Morgan fingerprint density at radius 2 is 2.29 bits per heavy atom. The molecule has 0 saturated heterocycles. The zero-order chi connectivity index (χ0) is 10.1. The van der Waals surface area contributed by atoms with Gasteiger partial charge in [-0.2, -0.15) is 0 Å². The van der Waals surface area contributed by atoms with Gasteiger partial charge >= 0.3 is 0 Å². The Balaban J connectivity index is 2.71. The number of H-pyrrole nitrogens is 1. The average Bonchev–Trinajstić information content (AvgIpc) is 2.52. The third kappa shape index (κ3) is 1.35. The van der Waals surface area contributed by atoms with Crippen molar-refractivity contribution in [3.8, 4) is 5.75 Å². The van der Waals surface area contributed by atoms with E-state index < -0.39 is 0 Å². The maximum absolute atomic E-state index is 5.99. The second-order valence-corrected chi connectivity index (χ2v) is 3.41. The lowest BCUT2D eigenvalue weighted by Crippen LogP contribution is -1.95. The van der Waals surface area contributed by atoms with Crippen LogP contribution in [0.2, 0.25) is 5.15 Å². The van der Waals surface area contributed by atoms with Gasteiger partial charge in [0.05, 0.1) is 7.11 Å². The topological polar surface area (TPSA) is 51.0 Å². The van der Waals surface area contributed by atoms with E-state index in [1.165, 1.54) is 0 Å². The summed E-state index contributed by atoms with van der Waals surface area (Å²) in [6.45, 7) is 0.423. The molecule has 0 spiro atoms. The van der Waals surface area contributed by atoms with E-state index in [1.807, 2.05) is 18.2 Å². The van der Waals surface area contributed by atoms with Crippen molar-refractivity contribution >= 4 is 22.5 Å². The van der Waals surface area contributed by atoms with Gasteiger partial charge in [0, 0.05) is 23.0 Å². The molecule has 2 rings (SSSR count). The zero-order valence-corrected chi connectivity index (χ0v) is 8.56. The molecule has 74 valence electrons. The van der Waals surface area contributed by atoms with E-state index >= 15 is 0 Å². The van der Waals surface area contributed by atoms with Crippen LogP contribution in [0, 0.1) is 0 Å². The number of hydrogen-bond donors (Lipinski definition) is 2. The van der Waals surface area contributed by atoms with Crippen LogP contribution in [0.4, 0.5) is 0 Å². The number of nitrogens with one attached hydrogen (secondary N) is 1. The summed E-state index contributed by atoms with van der Waals surface area (Å²) in [5.74, 6) is 0.808. The number of methoxy groups -OCH3 is 1. The van der Waals surface area contributed by atoms with Gasteiger partial charge < -0.3 is 15.5 Å². The Morgan fingerprint density at radius 3 is 2.93 bits per heavy atom. The Kier molecular flexibility index (Phi) is 2.35. The van der Waals surface area contributed by atoms with Crippen LogP contribution < -0.4 is 10.5 Å². The number of aromatic nitrogens is 1. The molecule has 3 N–H and O–H groups in total. The molecule has 0 aliphatic carbocycles. The Hall–Kier alpha value is -1.19. The van der Waals surface area contributed by atoms with E-state index in [2.05, 4.69) is 4.98 Å². The van der Waals surface area contributed by atoms with Crippen LogP contribution in [0.5, 0.6) is 5.75 Å². The Labute approximate surface area is 86.8 Å². The van der Waals surface area contributed by atoms with Crippen LogP contribution >= 0.6 is 11.6 Å². The molecule has 0 bridgehead atoms. The summed E-state index contributed by atoms with van der Waals surface area (Å²) in [6.07, 6.45) is 0. The van der Waals surface area contributed by atoms with E-state index in [1.54, 1.807) is 7.11 Å².